The Morgan fingerprint density at radius 1 is 1.16 bits per heavy atom. The predicted octanol–water partition coefficient (Wildman–Crippen LogP) is 3.75. The Morgan fingerprint density at radius 2 is 1.88 bits per heavy atom. The highest BCUT2D eigenvalue weighted by atomic mass is 32.2. The first-order chi connectivity index (χ1) is 15.4. The fourth-order valence-corrected chi connectivity index (χ4v) is 4.28. The van der Waals surface area contributed by atoms with Gasteiger partial charge in [0, 0.05) is 6.54 Å². The molecule has 0 aromatic heterocycles. The van der Waals surface area contributed by atoms with Crippen molar-refractivity contribution in [3.8, 4) is 17.2 Å². The molecule has 0 aliphatic carbocycles. The van der Waals surface area contributed by atoms with Crippen LogP contribution in [0.5, 0.6) is 17.2 Å². The summed E-state index contributed by atoms with van der Waals surface area (Å²) in [6.45, 7) is 2.83. The van der Waals surface area contributed by atoms with Gasteiger partial charge in [0.15, 0.2) is 16.7 Å². The van der Waals surface area contributed by atoms with Gasteiger partial charge in [-0.25, -0.2) is 4.99 Å². The summed E-state index contributed by atoms with van der Waals surface area (Å²) in [6.07, 6.45) is 0.473. The van der Waals surface area contributed by atoms with Crippen LogP contribution in [0, 0.1) is 0 Å². The van der Waals surface area contributed by atoms with E-state index in [0.717, 1.165) is 23.1 Å². The van der Waals surface area contributed by atoms with Gasteiger partial charge in [0.2, 0.25) is 5.91 Å². The Morgan fingerprint density at radius 3 is 2.50 bits per heavy atom. The van der Waals surface area contributed by atoms with Gasteiger partial charge in [-0.2, -0.15) is 0 Å². The van der Waals surface area contributed by atoms with E-state index in [1.54, 1.807) is 43.4 Å². The highest BCUT2D eigenvalue weighted by Crippen LogP contribution is 2.31. The molecule has 2 aromatic rings. The maximum absolute atomic E-state index is 12.8. The lowest BCUT2D eigenvalue weighted by molar-refractivity contribution is -0.139. The molecule has 0 radical (unpaired) electrons. The summed E-state index contributed by atoms with van der Waals surface area (Å²) in [5, 5.41) is 8.96. The number of ether oxygens (including phenoxy) is 3. The third-order valence-electron chi connectivity index (χ3n) is 4.86. The third-order valence-corrected chi connectivity index (χ3v) is 6.03. The van der Waals surface area contributed by atoms with Crippen molar-refractivity contribution < 1.29 is 28.9 Å². The summed E-state index contributed by atoms with van der Waals surface area (Å²) in [4.78, 5) is 30.5. The number of amides is 1. The van der Waals surface area contributed by atoms with Crippen molar-refractivity contribution >= 4 is 34.5 Å². The van der Waals surface area contributed by atoms with Crippen molar-refractivity contribution in [2.45, 2.75) is 25.0 Å². The molecular formula is C23H26N2O6S. The van der Waals surface area contributed by atoms with Gasteiger partial charge in [0.05, 0.1) is 32.9 Å². The number of rotatable bonds is 9. The van der Waals surface area contributed by atoms with Crippen molar-refractivity contribution in [3.05, 3.63) is 48.0 Å². The van der Waals surface area contributed by atoms with Gasteiger partial charge >= 0.3 is 5.97 Å². The minimum atomic E-state index is -1.03. The SMILES string of the molecule is CCOc1ccc(N=C2SC(C(=O)O)CC(=O)N2CCc2ccc(OC)c(OC)c2)cc1. The summed E-state index contributed by atoms with van der Waals surface area (Å²) < 4.78 is 16.1. The topological polar surface area (TPSA) is 97.7 Å². The van der Waals surface area contributed by atoms with Crippen molar-refractivity contribution in [2.24, 2.45) is 4.99 Å². The van der Waals surface area contributed by atoms with Crippen LogP contribution < -0.4 is 14.2 Å². The number of aliphatic carboxylic acids is 1. The van der Waals surface area contributed by atoms with E-state index in [1.807, 2.05) is 25.1 Å². The number of benzene rings is 2. The van der Waals surface area contributed by atoms with E-state index in [2.05, 4.69) is 4.99 Å². The molecule has 0 spiro atoms. The minimum absolute atomic E-state index is 0.0752. The monoisotopic (exact) mass is 458 g/mol. The molecule has 2 aromatic carbocycles. The fraction of sp³-hybridized carbons (Fsp3) is 0.348. The maximum Gasteiger partial charge on any atom is 0.317 e. The molecule has 1 aliphatic rings. The average Bonchev–Trinajstić information content (AvgIpc) is 2.79. The van der Waals surface area contributed by atoms with Gasteiger partial charge in [0.25, 0.3) is 0 Å². The van der Waals surface area contributed by atoms with Crippen LogP contribution in [0.2, 0.25) is 0 Å². The Hall–Kier alpha value is -3.20. The van der Waals surface area contributed by atoms with Crippen LogP contribution >= 0.6 is 11.8 Å². The molecule has 32 heavy (non-hydrogen) atoms. The summed E-state index contributed by atoms with van der Waals surface area (Å²) >= 11 is 1.09. The smallest absolute Gasteiger partial charge is 0.317 e. The number of nitrogens with zero attached hydrogens (tertiary/aromatic N) is 2. The number of methoxy groups -OCH3 is 2. The minimum Gasteiger partial charge on any atom is -0.494 e. The molecule has 170 valence electrons. The Kier molecular flexibility index (Phi) is 7.99. The van der Waals surface area contributed by atoms with Crippen LogP contribution in [-0.2, 0) is 16.0 Å². The molecule has 9 heteroatoms. The highest BCUT2D eigenvalue weighted by Gasteiger charge is 2.35. The zero-order valence-corrected chi connectivity index (χ0v) is 19.1. The summed E-state index contributed by atoms with van der Waals surface area (Å²) in [6, 6.07) is 12.7. The molecule has 1 fully saturated rings. The molecule has 0 bridgehead atoms. The molecule has 1 amide bonds. The fourth-order valence-electron chi connectivity index (χ4n) is 3.22. The van der Waals surface area contributed by atoms with Gasteiger partial charge in [-0.3, -0.25) is 14.5 Å². The lowest BCUT2D eigenvalue weighted by atomic mass is 10.1. The average molecular weight is 459 g/mol. The number of carboxylic acid groups (broad SMARTS) is 1. The number of hydrogen-bond donors (Lipinski definition) is 1. The van der Waals surface area contributed by atoms with E-state index >= 15 is 0 Å². The van der Waals surface area contributed by atoms with Gasteiger partial charge in [-0.05, 0) is 55.3 Å². The van der Waals surface area contributed by atoms with Crippen LogP contribution in [0.1, 0.15) is 18.9 Å². The molecule has 1 atom stereocenters. The standard InChI is InChI=1S/C23H26N2O6S/c1-4-31-17-8-6-16(7-9-17)24-23-25(21(26)14-20(32-23)22(27)28)12-11-15-5-10-18(29-2)19(13-15)30-3/h5-10,13,20H,4,11-12,14H2,1-3H3,(H,27,28). The first-order valence-corrected chi connectivity index (χ1v) is 11.1. The van der Waals surface area contributed by atoms with Gasteiger partial charge in [-0.1, -0.05) is 17.8 Å². The number of hydrogen-bond acceptors (Lipinski definition) is 7. The number of amidine groups is 1. The second-order valence-corrected chi connectivity index (χ2v) is 8.12. The van der Waals surface area contributed by atoms with E-state index in [-0.39, 0.29) is 12.3 Å². The van der Waals surface area contributed by atoms with Crippen molar-refractivity contribution in [2.75, 3.05) is 27.4 Å². The summed E-state index contributed by atoms with van der Waals surface area (Å²) in [5.74, 6) is 0.669. The molecule has 1 aliphatic heterocycles. The molecule has 8 nitrogen and oxygen atoms in total. The molecule has 1 saturated heterocycles. The molecule has 1 heterocycles. The largest absolute Gasteiger partial charge is 0.494 e. The lowest BCUT2D eigenvalue weighted by Gasteiger charge is -2.30. The van der Waals surface area contributed by atoms with E-state index in [1.165, 1.54) is 0 Å². The first-order valence-electron chi connectivity index (χ1n) is 10.2. The summed E-state index contributed by atoms with van der Waals surface area (Å²) in [5.41, 5.74) is 1.58. The number of carboxylic acids is 1. The van der Waals surface area contributed by atoms with Crippen LogP contribution in [0.25, 0.3) is 0 Å². The van der Waals surface area contributed by atoms with Crippen molar-refractivity contribution in [3.63, 3.8) is 0 Å². The Balaban J connectivity index is 1.82. The maximum atomic E-state index is 12.8. The Bertz CT molecular complexity index is 992. The van der Waals surface area contributed by atoms with Gasteiger partial charge < -0.3 is 19.3 Å². The zero-order chi connectivity index (χ0) is 23.1. The quantitative estimate of drug-likeness (QED) is 0.611. The van der Waals surface area contributed by atoms with E-state index in [9.17, 15) is 14.7 Å². The lowest BCUT2D eigenvalue weighted by Crippen LogP contribution is -2.44. The van der Waals surface area contributed by atoms with E-state index in [0.29, 0.717) is 41.9 Å². The normalized spacial score (nSPS) is 17.3. The van der Waals surface area contributed by atoms with Crippen LogP contribution in [0.15, 0.2) is 47.5 Å². The van der Waals surface area contributed by atoms with Crippen molar-refractivity contribution in [1.29, 1.82) is 0 Å². The zero-order valence-electron chi connectivity index (χ0n) is 18.2. The van der Waals surface area contributed by atoms with Crippen LogP contribution in [0.4, 0.5) is 5.69 Å². The number of aliphatic imine (C=N–C) groups is 1. The van der Waals surface area contributed by atoms with Gasteiger partial charge in [-0.15, -0.1) is 0 Å². The number of carbonyl (C=O) groups is 2. The van der Waals surface area contributed by atoms with E-state index in [4.69, 9.17) is 14.2 Å². The number of thioether (sulfide) groups is 1. The Labute approximate surface area is 191 Å². The van der Waals surface area contributed by atoms with Crippen molar-refractivity contribution in [1.82, 2.24) is 4.90 Å². The van der Waals surface area contributed by atoms with Crippen LogP contribution in [0.3, 0.4) is 0 Å². The summed E-state index contributed by atoms with van der Waals surface area (Å²) in [7, 11) is 3.14. The molecule has 1 N–H and O–H groups in total. The second kappa shape index (κ2) is 10.9. The molecule has 3 rings (SSSR count). The first kappa shape index (κ1) is 23.5. The second-order valence-electron chi connectivity index (χ2n) is 6.95. The molecular weight excluding hydrogens is 432 g/mol. The molecule has 0 saturated carbocycles. The molecule has 1 unspecified atom stereocenters. The predicted molar refractivity (Wildman–Crippen MR) is 123 cm³/mol. The van der Waals surface area contributed by atoms with E-state index < -0.39 is 11.2 Å². The third kappa shape index (κ3) is 5.73. The van der Waals surface area contributed by atoms with Crippen LogP contribution in [-0.4, -0.2) is 59.7 Å². The highest BCUT2D eigenvalue weighted by molar-refractivity contribution is 8.15. The van der Waals surface area contributed by atoms with Gasteiger partial charge in [0.1, 0.15) is 11.0 Å². The number of carbonyl (C=O) groups excluding carboxylic acids is 1.